The van der Waals surface area contributed by atoms with Crippen molar-refractivity contribution in [2.45, 2.75) is 46.5 Å². The van der Waals surface area contributed by atoms with Gasteiger partial charge in [-0.3, -0.25) is 4.79 Å². The summed E-state index contributed by atoms with van der Waals surface area (Å²) < 4.78 is 4.11. The molecule has 2 nitrogen and oxygen atoms in total. The lowest BCUT2D eigenvalue weighted by atomic mass is 9.84. The molecule has 0 spiro atoms. The normalized spacial score (nSPS) is 27.1. The van der Waals surface area contributed by atoms with Crippen LogP contribution in [-0.2, 0) is 9.53 Å². The Morgan fingerprint density at radius 3 is 1.77 bits per heavy atom. The minimum absolute atomic E-state index is 0.245. The highest BCUT2D eigenvalue weighted by atomic mass is 16.5. The van der Waals surface area contributed by atoms with E-state index in [0.717, 1.165) is 11.8 Å². The highest BCUT2D eigenvalue weighted by molar-refractivity contribution is 5.65. The van der Waals surface area contributed by atoms with E-state index in [2.05, 4.69) is 18.6 Å². The van der Waals surface area contributed by atoms with E-state index in [9.17, 15) is 4.79 Å². The Morgan fingerprint density at radius 2 is 1.62 bits per heavy atom. The first kappa shape index (κ1) is 12.5. The molecule has 0 aromatic heterocycles. The van der Waals surface area contributed by atoms with Gasteiger partial charge in [0.25, 0.3) is 0 Å². The summed E-state index contributed by atoms with van der Waals surface area (Å²) in [5.41, 5.74) is 0. The zero-order chi connectivity index (χ0) is 10.3. The van der Waals surface area contributed by atoms with Crippen LogP contribution in [0.5, 0.6) is 0 Å². The quantitative estimate of drug-likeness (QED) is 0.544. The third-order valence-corrected chi connectivity index (χ3v) is 2.49. The average molecular weight is 186 g/mol. The van der Waals surface area contributed by atoms with E-state index >= 15 is 0 Å². The second-order valence-corrected chi connectivity index (χ2v) is 4.07. The molecule has 0 amide bonds. The Morgan fingerprint density at radius 1 is 1.23 bits per heavy atom. The SMILES string of the molecule is CC1CCCC(C)C1.COC(C)=O. The maximum Gasteiger partial charge on any atom is 0.302 e. The van der Waals surface area contributed by atoms with Crippen LogP contribution in [0.25, 0.3) is 0 Å². The third kappa shape index (κ3) is 7.82. The Bertz CT molecular complexity index is 135. The lowest BCUT2D eigenvalue weighted by molar-refractivity contribution is -0.137. The topological polar surface area (TPSA) is 26.3 Å². The predicted octanol–water partition coefficient (Wildman–Crippen LogP) is 3.01. The van der Waals surface area contributed by atoms with E-state index in [1.807, 2.05) is 0 Å². The molecular weight excluding hydrogens is 164 g/mol. The Balaban J connectivity index is 0.000000252. The minimum Gasteiger partial charge on any atom is -0.469 e. The van der Waals surface area contributed by atoms with Crippen molar-refractivity contribution in [3.8, 4) is 0 Å². The van der Waals surface area contributed by atoms with Crippen molar-refractivity contribution >= 4 is 5.97 Å². The van der Waals surface area contributed by atoms with Gasteiger partial charge < -0.3 is 4.74 Å². The van der Waals surface area contributed by atoms with Gasteiger partial charge in [-0.25, -0.2) is 0 Å². The zero-order valence-corrected chi connectivity index (χ0v) is 9.30. The molecule has 0 radical (unpaired) electrons. The van der Waals surface area contributed by atoms with Crippen LogP contribution in [0.15, 0.2) is 0 Å². The standard InChI is InChI=1S/C8H16.C3H6O2/c1-7-4-3-5-8(2)6-7;1-3(4)5-2/h7-8H,3-6H2,1-2H3;1-2H3. The van der Waals surface area contributed by atoms with E-state index < -0.39 is 0 Å². The van der Waals surface area contributed by atoms with E-state index in [1.165, 1.54) is 39.7 Å². The maximum atomic E-state index is 9.59. The van der Waals surface area contributed by atoms with Gasteiger partial charge in [0.05, 0.1) is 7.11 Å². The Hall–Kier alpha value is -0.530. The monoisotopic (exact) mass is 186 g/mol. The number of esters is 1. The van der Waals surface area contributed by atoms with E-state index in [4.69, 9.17) is 0 Å². The van der Waals surface area contributed by atoms with Crippen LogP contribution in [0.3, 0.4) is 0 Å². The van der Waals surface area contributed by atoms with Crippen molar-refractivity contribution in [3.05, 3.63) is 0 Å². The van der Waals surface area contributed by atoms with Gasteiger partial charge in [-0.05, 0) is 18.3 Å². The van der Waals surface area contributed by atoms with Crippen molar-refractivity contribution in [1.29, 1.82) is 0 Å². The highest BCUT2D eigenvalue weighted by Gasteiger charge is 2.13. The predicted molar refractivity (Wildman–Crippen MR) is 54.5 cm³/mol. The number of methoxy groups -OCH3 is 1. The van der Waals surface area contributed by atoms with Gasteiger partial charge >= 0.3 is 5.97 Å². The number of rotatable bonds is 0. The summed E-state index contributed by atoms with van der Waals surface area (Å²) in [5.74, 6) is 1.78. The molecule has 2 atom stereocenters. The summed E-state index contributed by atoms with van der Waals surface area (Å²) in [6.07, 6.45) is 5.90. The van der Waals surface area contributed by atoms with Crippen molar-refractivity contribution < 1.29 is 9.53 Å². The van der Waals surface area contributed by atoms with Crippen LogP contribution < -0.4 is 0 Å². The van der Waals surface area contributed by atoms with Gasteiger partial charge in [0, 0.05) is 6.92 Å². The van der Waals surface area contributed by atoms with Gasteiger partial charge in [0.15, 0.2) is 0 Å². The van der Waals surface area contributed by atoms with Crippen LogP contribution in [0, 0.1) is 11.8 Å². The van der Waals surface area contributed by atoms with E-state index in [0.29, 0.717) is 0 Å². The first-order valence-electron chi connectivity index (χ1n) is 5.10. The largest absolute Gasteiger partial charge is 0.469 e. The van der Waals surface area contributed by atoms with Gasteiger partial charge in [-0.15, -0.1) is 0 Å². The fourth-order valence-electron chi connectivity index (χ4n) is 1.74. The fourth-order valence-corrected chi connectivity index (χ4v) is 1.74. The molecule has 0 saturated heterocycles. The second-order valence-electron chi connectivity index (χ2n) is 4.07. The Kier molecular flexibility index (Phi) is 6.65. The van der Waals surface area contributed by atoms with E-state index in [-0.39, 0.29) is 5.97 Å². The molecule has 1 rings (SSSR count). The van der Waals surface area contributed by atoms with Crippen molar-refractivity contribution in [2.24, 2.45) is 11.8 Å². The molecular formula is C11H22O2. The lowest BCUT2D eigenvalue weighted by Crippen LogP contribution is -2.09. The molecule has 13 heavy (non-hydrogen) atoms. The molecule has 1 fully saturated rings. The molecule has 2 unspecified atom stereocenters. The fraction of sp³-hybridized carbons (Fsp3) is 0.909. The molecule has 1 saturated carbocycles. The van der Waals surface area contributed by atoms with Gasteiger partial charge in [-0.2, -0.15) is 0 Å². The number of carbonyl (C=O) groups is 1. The van der Waals surface area contributed by atoms with Gasteiger partial charge in [-0.1, -0.05) is 33.1 Å². The van der Waals surface area contributed by atoms with Crippen molar-refractivity contribution in [3.63, 3.8) is 0 Å². The molecule has 1 aliphatic carbocycles. The van der Waals surface area contributed by atoms with Crippen molar-refractivity contribution in [1.82, 2.24) is 0 Å². The van der Waals surface area contributed by atoms with E-state index in [1.54, 1.807) is 0 Å². The minimum atomic E-state index is -0.245. The summed E-state index contributed by atoms with van der Waals surface area (Å²) in [6, 6.07) is 0. The molecule has 0 bridgehead atoms. The van der Waals surface area contributed by atoms with Crippen LogP contribution in [0.1, 0.15) is 46.5 Å². The molecule has 0 aromatic carbocycles. The molecule has 0 aromatic rings. The molecule has 2 heteroatoms. The first-order valence-corrected chi connectivity index (χ1v) is 5.10. The van der Waals surface area contributed by atoms with Crippen LogP contribution in [0.2, 0.25) is 0 Å². The van der Waals surface area contributed by atoms with Crippen LogP contribution >= 0.6 is 0 Å². The summed E-state index contributed by atoms with van der Waals surface area (Å²) in [7, 11) is 1.35. The van der Waals surface area contributed by atoms with Crippen LogP contribution in [-0.4, -0.2) is 13.1 Å². The zero-order valence-electron chi connectivity index (χ0n) is 9.30. The average Bonchev–Trinajstić information content (AvgIpc) is 2.05. The molecule has 0 aliphatic heterocycles. The molecule has 0 N–H and O–H groups in total. The van der Waals surface area contributed by atoms with Gasteiger partial charge in [0.1, 0.15) is 0 Å². The summed E-state index contributed by atoms with van der Waals surface area (Å²) >= 11 is 0. The highest BCUT2D eigenvalue weighted by Crippen LogP contribution is 2.27. The first-order chi connectivity index (χ1) is 6.06. The maximum absolute atomic E-state index is 9.59. The molecule has 0 heterocycles. The Labute approximate surface area is 81.7 Å². The van der Waals surface area contributed by atoms with Crippen molar-refractivity contribution in [2.75, 3.05) is 7.11 Å². The number of ether oxygens (including phenoxy) is 1. The third-order valence-electron chi connectivity index (χ3n) is 2.49. The molecule has 1 aliphatic rings. The second kappa shape index (κ2) is 6.93. The number of hydrogen-bond acceptors (Lipinski definition) is 2. The summed E-state index contributed by atoms with van der Waals surface area (Å²) in [6.45, 7) is 6.10. The number of carbonyl (C=O) groups excluding carboxylic acids is 1. The lowest BCUT2D eigenvalue weighted by Gasteiger charge is -2.22. The van der Waals surface area contributed by atoms with Gasteiger partial charge in [0.2, 0.25) is 0 Å². The summed E-state index contributed by atoms with van der Waals surface area (Å²) in [5, 5.41) is 0. The molecule has 78 valence electrons. The number of hydrogen-bond donors (Lipinski definition) is 0. The smallest absolute Gasteiger partial charge is 0.302 e. The van der Waals surface area contributed by atoms with Crippen LogP contribution in [0.4, 0.5) is 0 Å². The summed E-state index contributed by atoms with van der Waals surface area (Å²) in [4.78, 5) is 9.59.